The van der Waals surface area contributed by atoms with Crippen molar-refractivity contribution in [2.75, 3.05) is 19.0 Å². The lowest BCUT2D eigenvalue weighted by Crippen LogP contribution is -2.21. The molecule has 104 valence electrons. The molecule has 0 aliphatic heterocycles. The molecule has 6 nitrogen and oxygen atoms in total. The summed E-state index contributed by atoms with van der Waals surface area (Å²) in [4.78, 5) is 11.2. The van der Waals surface area contributed by atoms with Crippen molar-refractivity contribution in [2.24, 2.45) is 5.73 Å². The second kappa shape index (κ2) is 6.63. The molecule has 1 unspecified atom stereocenters. The Hall–Kier alpha value is -2.47. The molecular weight excluding hydrogens is 256 g/mol. The van der Waals surface area contributed by atoms with Crippen LogP contribution in [0.3, 0.4) is 0 Å². The normalized spacial score (nSPS) is 11.7. The number of nitrogens with zero attached hydrogens (tertiary/aromatic N) is 2. The van der Waals surface area contributed by atoms with E-state index in [0.717, 1.165) is 5.56 Å². The summed E-state index contributed by atoms with van der Waals surface area (Å²) in [5.41, 5.74) is 7.27. The van der Waals surface area contributed by atoms with Crippen molar-refractivity contribution < 1.29 is 9.53 Å². The Labute approximate surface area is 117 Å². The lowest BCUT2D eigenvalue weighted by molar-refractivity contribution is 0.0593. The number of nitrogens with two attached hydrogens (primary N) is 1. The smallest absolute Gasteiger partial charge is 0.358 e. The molecule has 0 saturated heterocycles. The van der Waals surface area contributed by atoms with Crippen molar-refractivity contribution in [3.8, 4) is 0 Å². The number of carbonyl (C=O) groups is 1. The van der Waals surface area contributed by atoms with Gasteiger partial charge in [-0.05, 0) is 17.7 Å². The highest BCUT2D eigenvalue weighted by Crippen LogP contribution is 2.10. The maximum absolute atomic E-state index is 11.2. The Morgan fingerprint density at radius 1 is 1.25 bits per heavy atom. The maximum atomic E-state index is 11.2. The van der Waals surface area contributed by atoms with Crippen molar-refractivity contribution in [3.05, 3.63) is 53.7 Å². The number of carbonyl (C=O) groups excluding carboxylic acids is 1. The van der Waals surface area contributed by atoms with Gasteiger partial charge in [-0.25, -0.2) is 4.79 Å². The van der Waals surface area contributed by atoms with Crippen LogP contribution in [0.25, 0.3) is 0 Å². The fourth-order valence-corrected chi connectivity index (χ4v) is 1.67. The van der Waals surface area contributed by atoms with Gasteiger partial charge < -0.3 is 15.8 Å². The van der Waals surface area contributed by atoms with Crippen LogP contribution in [0, 0.1) is 0 Å². The average molecular weight is 272 g/mol. The summed E-state index contributed by atoms with van der Waals surface area (Å²) in [6, 6.07) is 12.8. The molecule has 20 heavy (non-hydrogen) atoms. The summed E-state index contributed by atoms with van der Waals surface area (Å²) >= 11 is 0. The number of ether oxygens (including phenoxy) is 1. The van der Waals surface area contributed by atoms with Gasteiger partial charge in [0.1, 0.15) is 5.82 Å². The van der Waals surface area contributed by atoms with E-state index in [-0.39, 0.29) is 11.7 Å². The largest absolute Gasteiger partial charge is 0.464 e. The van der Waals surface area contributed by atoms with Crippen molar-refractivity contribution in [3.63, 3.8) is 0 Å². The van der Waals surface area contributed by atoms with E-state index >= 15 is 0 Å². The zero-order valence-corrected chi connectivity index (χ0v) is 11.1. The maximum Gasteiger partial charge on any atom is 0.358 e. The van der Waals surface area contributed by atoms with Crippen molar-refractivity contribution >= 4 is 11.8 Å². The first kappa shape index (κ1) is 14.0. The predicted molar refractivity (Wildman–Crippen MR) is 75.2 cm³/mol. The fraction of sp³-hybridized carbons (Fsp3) is 0.214. The number of nitrogens with one attached hydrogen (secondary N) is 1. The van der Waals surface area contributed by atoms with Crippen molar-refractivity contribution in [1.29, 1.82) is 0 Å². The van der Waals surface area contributed by atoms with Crippen LogP contribution in [0.2, 0.25) is 0 Å². The minimum Gasteiger partial charge on any atom is -0.464 e. The molecule has 3 N–H and O–H groups in total. The standard InChI is InChI=1S/C14H16N4O2/c1-20-14(19)12-7-8-13(18-17-12)16-9-11(15)10-5-3-2-4-6-10/h2-8,11H,9,15H2,1H3,(H,16,18). The van der Waals surface area contributed by atoms with Crippen LogP contribution in [0.1, 0.15) is 22.1 Å². The molecule has 0 radical (unpaired) electrons. The number of hydrogen-bond acceptors (Lipinski definition) is 6. The zero-order chi connectivity index (χ0) is 14.4. The molecule has 1 aromatic carbocycles. The summed E-state index contributed by atoms with van der Waals surface area (Å²) < 4.78 is 4.55. The quantitative estimate of drug-likeness (QED) is 0.799. The fourth-order valence-electron chi connectivity index (χ4n) is 1.67. The summed E-state index contributed by atoms with van der Waals surface area (Å²) in [6.07, 6.45) is 0. The molecule has 0 saturated carbocycles. The van der Waals surface area contributed by atoms with E-state index in [1.807, 2.05) is 30.3 Å². The Kier molecular flexibility index (Phi) is 4.62. The van der Waals surface area contributed by atoms with Gasteiger partial charge in [-0.3, -0.25) is 0 Å². The first-order valence-electron chi connectivity index (χ1n) is 6.17. The molecule has 0 aliphatic rings. The van der Waals surface area contributed by atoms with Gasteiger partial charge in [0.2, 0.25) is 0 Å². The molecular formula is C14H16N4O2. The number of hydrogen-bond donors (Lipinski definition) is 2. The second-order valence-electron chi connectivity index (χ2n) is 4.19. The molecule has 1 heterocycles. The Morgan fingerprint density at radius 3 is 2.60 bits per heavy atom. The van der Waals surface area contributed by atoms with E-state index in [1.165, 1.54) is 7.11 Å². The van der Waals surface area contributed by atoms with Gasteiger partial charge in [-0.2, -0.15) is 0 Å². The number of benzene rings is 1. The minimum absolute atomic E-state index is 0.140. The van der Waals surface area contributed by atoms with Gasteiger partial charge in [0.05, 0.1) is 7.11 Å². The molecule has 0 bridgehead atoms. The van der Waals surface area contributed by atoms with Crippen LogP contribution < -0.4 is 11.1 Å². The van der Waals surface area contributed by atoms with Crippen molar-refractivity contribution in [2.45, 2.75) is 6.04 Å². The minimum atomic E-state index is -0.509. The molecule has 2 aromatic rings. The van der Waals surface area contributed by atoms with Crippen molar-refractivity contribution in [1.82, 2.24) is 10.2 Å². The average Bonchev–Trinajstić information content (AvgIpc) is 2.53. The summed E-state index contributed by atoms with van der Waals surface area (Å²) in [6.45, 7) is 0.524. The van der Waals surface area contributed by atoms with Crippen LogP contribution in [0.5, 0.6) is 0 Å². The molecule has 0 amide bonds. The van der Waals surface area contributed by atoms with Gasteiger partial charge in [-0.1, -0.05) is 30.3 Å². The van der Waals surface area contributed by atoms with Crippen LogP contribution >= 0.6 is 0 Å². The first-order valence-corrected chi connectivity index (χ1v) is 6.17. The van der Waals surface area contributed by atoms with E-state index < -0.39 is 5.97 Å². The Balaban J connectivity index is 1.93. The third kappa shape index (κ3) is 3.52. The van der Waals surface area contributed by atoms with E-state index in [4.69, 9.17) is 5.73 Å². The highest BCUT2D eigenvalue weighted by Gasteiger charge is 2.09. The highest BCUT2D eigenvalue weighted by molar-refractivity contribution is 5.86. The first-order chi connectivity index (χ1) is 9.70. The summed E-state index contributed by atoms with van der Waals surface area (Å²) in [5.74, 6) is 0.0501. The number of esters is 1. The molecule has 1 aromatic heterocycles. The van der Waals surface area contributed by atoms with Crippen LogP contribution in [-0.2, 0) is 4.74 Å². The topological polar surface area (TPSA) is 90.1 Å². The van der Waals surface area contributed by atoms with Gasteiger partial charge in [0.15, 0.2) is 5.69 Å². The highest BCUT2D eigenvalue weighted by atomic mass is 16.5. The van der Waals surface area contributed by atoms with E-state index in [9.17, 15) is 4.79 Å². The van der Waals surface area contributed by atoms with Gasteiger partial charge >= 0.3 is 5.97 Å². The zero-order valence-electron chi connectivity index (χ0n) is 11.1. The van der Waals surface area contributed by atoms with Crippen LogP contribution in [0.15, 0.2) is 42.5 Å². The number of aromatic nitrogens is 2. The number of anilines is 1. The molecule has 0 spiro atoms. The van der Waals surface area contributed by atoms with Gasteiger partial charge in [0.25, 0.3) is 0 Å². The molecule has 0 fully saturated rings. The lowest BCUT2D eigenvalue weighted by atomic mass is 10.1. The SMILES string of the molecule is COC(=O)c1ccc(NCC(N)c2ccccc2)nn1. The Bertz CT molecular complexity index is 557. The van der Waals surface area contributed by atoms with Gasteiger partial charge in [0, 0.05) is 12.6 Å². The predicted octanol–water partition coefficient (Wildman–Crippen LogP) is 1.38. The monoisotopic (exact) mass is 272 g/mol. The Morgan fingerprint density at radius 2 is 2.00 bits per heavy atom. The molecule has 0 aliphatic carbocycles. The number of rotatable bonds is 5. The molecule has 1 atom stereocenters. The molecule has 2 rings (SSSR count). The van der Waals surface area contributed by atoms with E-state index in [1.54, 1.807) is 12.1 Å². The van der Waals surface area contributed by atoms with Crippen LogP contribution in [0.4, 0.5) is 5.82 Å². The number of methoxy groups -OCH3 is 1. The van der Waals surface area contributed by atoms with E-state index in [2.05, 4.69) is 20.3 Å². The molecule has 6 heteroatoms. The third-order valence-electron chi connectivity index (χ3n) is 2.79. The van der Waals surface area contributed by atoms with Crippen LogP contribution in [-0.4, -0.2) is 29.8 Å². The summed E-state index contributed by atoms with van der Waals surface area (Å²) in [7, 11) is 1.30. The summed E-state index contributed by atoms with van der Waals surface area (Å²) in [5, 5.41) is 10.7. The lowest BCUT2D eigenvalue weighted by Gasteiger charge is -2.13. The van der Waals surface area contributed by atoms with E-state index in [0.29, 0.717) is 12.4 Å². The van der Waals surface area contributed by atoms with Gasteiger partial charge in [-0.15, -0.1) is 10.2 Å². The third-order valence-corrected chi connectivity index (χ3v) is 2.79. The second-order valence-corrected chi connectivity index (χ2v) is 4.19.